The molecule has 88 valence electrons. The van der Waals surface area contributed by atoms with E-state index in [0.717, 1.165) is 0 Å². The zero-order valence-electron chi connectivity index (χ0n) is 9.01. The largest absolute Gasteiger partial charge is 0.459 e. The molecule has 5 nitrogen and oxygen atoms in total. The van der Waals surface area contributed by atoms with E-state index >= 15 is 0 Å². The third kappa shape index (κ3) is 2.46. The van der Waals surface area contributed by atoms with E-state index in [0.29, 0.717) is 14.9 Å². The fraction of sp³-hybridized carbons (Fsp3) is 0.182. The molecular formula is C11H9IN2O3. The number of hydrogen-bond donors (Lipinski definition) is 0. The predicted molar refractivity (Wildman–Crippen MR) is 69.6 cm³/mol. The number of ether oxygens (including phenoxy) is 1. The van der Waals surface area contributed by atoms with Crippen molar-refractivity contribution in [2.75, 3.05) is 0 Å². The molecule has 0 aliphatic carbocycles. The second-order valence-corrected chi connectivity index (χ2v) is 4.47. The summed E-state index contributed by atoms with van der Waals surface area (Å²) in [5.41, 5.74) is 0.871. The van der Waals surface area contributed by atoms with Crippen molar-refractivity contribution in [1.29, 1.82) is 0 Å². The molecule has 0 fully saturated rings. The summed E-state index contributed by atoms with van der Waals surface area (Å²) in [6, 6.07) is 5.29. The highest BCUT2D eigenvalue weighted by molar-refractivity contribution is 14.1. The van der Waals surface area contributed by atoms with E-state index in [4.69, 9.17) is 4.74 Å². The molecular weight excluding hydrogens is 335 g/mol. The van der Waals surface area contributed by atoms with Gasteiger partial charge in [0.2, 0.25) is 0 Å². The number of aromatic nitrogens is 2. The lowest BCUT2D eigenvalue weighted by Gasteiger charge is -2.06. The number of halogens is 1. The van der Waals surface area contributed by atoms with Crippen molar-refractivity contribution in [3.8, 4) is 0 Å². The molecule has 6 heteroatoms. The Labute approximate surface area is 111 Å². The third-order valence-electron chi connectivity index (χ3n) is 2.16. The van der Waals surface area contributed by atoms with Crippen LogP contribution < -0.4 is 5.56 Å². The minimum Gasteiger partial charge on any atom is -0.459 e. The maximum atomic E-state index is 12.0. The summed E-state index contributed by atoms with van der Waals surface area (Å²) >= 11 is 1.91. The second kappa shape index (κ2) is 4.82. The van der Waals surface area contributed by atoms with Gasteiger partial charge in [-0.2, -0.15) is 0 Å². The summed E-state index contributed by atoms with van der Waals surface area (Å²) in [6.45, 7) is 1.34. The number of fused-ring (bicyclic) bond motifs is 1. The van der Waals surface area contributed by atoms with Crippen molar-refractivity contribution in [2.45, 2.75) is 13.5 Å². The number of hydrogen-bond acceptors (Lipinski definition) is 4. The molecule has 0 spiro atoms. The van der Waals surface area contributed by atoms with E-state index in [1.807, 2.05) is 22.6 Å². The van der Waals surface area contributed by atoms with Crippen LogP contribution in [0.15, 0.2) is 29.2 Å². The van der Waals surface area contributed by atoms with Crippen LogP contribution in [0.25, 0.3) is 5.65 Å². The van der Waals surface area contributed by atoms with Crippen LogP contribution in [0.1, 0.15) is 12.6 Å². The smallest absolute Gasteiger partial charge is 0.303 e. The van der Waals surface area contributed by atoms with Crippen molar-refractivity contribution >= 4 is 34.2 Å². The van der Waals surface area contributed by atoms with Crippen LogP contribution in [0, 0.1) is 3.57 Å². The van der Waals surface area contributed by atoms with Gasteiger partial charge in [0.25, 0.3) is 5.56 Å². The molecule has 0 aliphatic rings. The minimum atomic E-state index is -0.393. The third-order valence-corrected chi connectivity index (χ3v) is 3.24. The summed E-state index contributed by atoms with van der Waals surface area (Å²) in [4.78, 5) is 27.0. The Morgan fingerprint density at radius 1 is 1.53 bits per heavy atom. The van der Waals surface area contributed by atoms with Crippen LogP contribution in [0.2, 0.25) is 0 Å². The monoisotopic (exact) mass is 344 g/mol. The van der Waals surface area contributed by atoms with Crippen molar-refractivity contribution in [1.82, 2.24) is 9.38 Å². The summed E-state index contributed by atoms with van der Waals surface area (Å²) < 4.78 is 6.78. The van der Waals surface area contributed by atoms with Crippen molar-refractivity contribution in [2.24, 2.45) is 0 Å². The second-order valence-electron chi connectivity index (χ2n) is 3.39. The fourth-order valence-corrected chi connectivity index (χ4v) is 1.92. The Balaban J connectivity index is 2.54. The normalized spacial score (nSPS) is 10.5. The first-order valence-electron chi connectivity index (χ1n) is 4.88. The predicted octanol–water partition coefficient (Wildman–Crippen LogP) is 1.36. The van der Waals surface area contributed by atoms with Crippen LogP contribution in [0.3, 0.4) is 0 Å². The van der Waals surface area contributed by atoms with Gasteiger partial charge in [-0.15, -0.1) is 0 Å². The molecule has 2 aromatic rings. The highest BCUT2D eigenvalue weighted by Crippen LogP contribution is 2.08. The van der Waals surface area contributed by atoms with Crippen molar-refractivity contribution in [3.05, 3.63) is 44.0 Å². The average Bonchev–Trinajstić information content (AvgIpc) is 2.32. The van der Waals surface area contributed by atoms with Gasteiger partial charge in [-0.05, 0) is 34.7 Å². The Kier molecular flexibility index (Phi) is 3.41. The maximum absolute atomic E-state index is 12.0. The molecule has 2 heterocycles. The number of nitrogens with zero attached hydrogens (tertiary/aromatic N) is 2. The molecule has 0 bridgehead atoms. The van der Waals surface area contributed by atoms with E-state index in [1.54, 1.807) is 24.4 Å². The Bertz CT molecular complexity index is 636. The van der Waals surface area contributed by atoms with Gasteiger partial charge in [0.1, 0.15) is 15.8 Å². The first-order valence-corrected chi connectivity index (χ1v) is 5.96. The molecule has 0 aromatic carbocycles. The molecule has 0 N–H and O–H groups in total. The summed E-state index contributed by atoms with van der Waals surface area (Å²) in [7, 11) is 0. The zero-order valence-corrected chi connectivity index (χ0v) is 11.2. The van der Waals surface area contributed by atoms with Gasteiger partial charge in [-0.25, -0.2) is 4.98 Å². The molecule has 0 radical (unpaired) electrons. The van der Waals surface area contributed by atoms with E-state index in [2.05, 4.69) is 4.98 Å². The Morgan fingerprint density at radius 3 is 3.00 bits per heavy atom. The van der Waals surface area contributed by atoms with Gasteiger partial charge < -0.3 is 4.74 Å². The summed E-state index contributed by atoms with van der Waals surface area (Å²) in [5, 5.41) is 0. The lowest BCUT2D eigenvalue weighted by molar-refractivity contribution is -0.142. The van der Waals surface area contributed by atoms with E-state index in [-0.39, 0.29) is 12.2 Å². The molecule has 0 saturated heterocycles. The van der Waals surface area contributed by atoms with E-state index in [9.17, 15) is 9.59 Å². The van der Waals surface area contributed by atoms with Crippen LogP contribution in [0.4, 0.5) is 0 Å². The molecule has 0 atom stereocenters. The van der Waals surface area contributed by atoms with Gasteiger partial charge in [0.15, 0.2) is 0 Å². The molecule has 17 heavy (non-hydrogen) atoms. The molecule has 0 saturated carbocycles. The molecule has 0 amide bonds. The highest BCUT2D eigenvalue weighted by atomic mass is 127. The molecule has 0 unspecified atom stereocenters. The van der Waals surface area contributed by atoms with Gasteiger partial charge in [-0.1, -0.05) is 6.07 Å². The van der Waals surface area contributed by atoms with Crippen LogP contribution in [-0.4, -0.2) is 15.4 Å². The van der Waals surface area contributed by atoms with E-state index < -0.39 is 5.97 Å². The minimum absolute atomic E-state index is 0.0221. The summed E-state index contributed by atoms with van der Waals surface area (Å²) in [6.07, 6.45) is 1.66. The quantitative estimate of drug-likeness (QED) is 0.610. The number of rotatable bonds is 2. The Morgan fingerprint density at radius 2 is 2.29 bits per heavy atom. The molecule has 2 aromatic heterocycles. The standard InChI is InChI=1S/C11H9IN2O3/c1-7(15)17-6-8-10(12)11(16)14-5-3-2-4-9(14)13-8/h2-5H,6H2,1H3. The van der Waals surface area contributed by atoms with Crippen LogP contribution in [0.5, 0.6) is 0 Å². The molecule has 0 aliphatic heterocycles. The fourth-order valence-electron chi connectivity index (χ4n) is 1.38. The van der Waals surface area contributed by atoms with Crippen LogP contribution in [-0.2, 0) is 16.1 Å². The topological polar surface area (TPSA) is 60.7 Å². The van der Waals surface area contributed by atoms with Crippen molar-refractivity contribution in [3.63, 3.8) is 0 Å². The Hall–Kier alpha value is -1.44. The first kappa shape index (κ1) is 12.0. The zero-order chi connectivity index (χ0) is 12.4. The van der Waals surface area contributed by atoms with Gasteiger partial charge >= 0.3 is 5.97 Å². The van der Waals surface area contributed by atoms with Crippen molar-refractivity contribution < 1.29 is 9.53 Å². The SMILES string of the molecule is CC(=O)OCc1nc2ccccn2c(=O)c1I. The number of esters is 1. The van der Waals surface area contributed by atoms with Gasteiger partial charge in [0, 0.05) is 13.1 Å². The summed E-state index contributed by atoms with van der Waals surface area (Å²) in [5.74, 6) is -0.393. The maximum Gasteiger partial charge on any atom is 0.303 e. The number of carbonyl (C=O) groups is 1. The number of pyridine rings is 1. The van der Waals surface area contributed by atoms with Gasteiger partial charge in [-0.3, -0.25) is 14.0 Å². The lowest BCUT2D eigenvalue weighted by atomic mass is 10.4. The highest BCUT2D eigenvalue weighted by Gasteiger charge is 2.10. The average molecular weight is 344 g/mol. The molecule has 2 rings (SSSR count). The van der Waals surface area contributed by atoms with Crippen LogP contribution >= 0.6 is 22.6 Å². The first-order chi connectivity index (χ1) is 8.09. The van der Waals surface area contributed by atoms with E-state index in [1.165, 1.54) is 11.3 Å². The van der Waals surface area contributed by atoms with Gasteiger partial charge in [0.05, 0.1) is 5.69 Å². The lowest BCUT2D eigenvalue weighted by Crippen LogP contribution is -2.21. The number of carbonyl (C=O) groups excluding carboxylic acids is 1.